The topological polar surface area (TPSA) is 160 Å². The molecule has 3 aromatic rings. The van der Waals surface area contributed by atoms with Crippen molar-refractivity contribution in [3.05, 3.63) is 109 Å². The summed E-state index contributed by atoms with van der Waals surface area (Å²) >= 11 is 5.99. The van der Waals surface area contributed by atoms with E-state index in [-0.39, 0.29) is 40.2 Å². The Balaban J connectivity index is 1.58. The van der Waals surface area contributed by atoms with Crippen LogP contribution in [0.25, 0.3) is 0 Å². The van der Waals surface area contributed by atoms with E-state index in [2.05, 4.69) is 5.16 Å². The Kier molecular flexibility index (Phi) is 7.16. The van der Waals surface area contributed by atoms with Crippen molar-refractivity contribution in [2.75, 3.05) is 0 Å². The van der Waals surface area contributed by atoms with E-state index in [9.17, 15) is 25.0 Å². The molecule has 0 saturated heterocycles. The number of carbonyl (C=O) groups excluding carboxylic acids is 1. The third kappa shape index (κ3) is 6.02. The number of rotatable bonds is 8. The second-order valence-corrected chi connectivity index (χ2v) is 6.92. The number of nitro benzene ring substituents is 2. The quantitative estimate of drug-likeness (QED) is 0.168. The predicted octanol–water partition coefficient (Wildman–Crippen LogP) is 4.21. The molecule has 0 unspecified atom stereocenters. The molecule has 3 rings (SSSR count). The van der Waals surface area contributed by atoms with Gasteiger partial charge in [-0.1, -0.05) is 28.9 Å². The number of non-ortho nitro benzene ring substituents is 2. The number of amidine groups is 1. The molecule has 168 valence electrons. The number of hydrogen-bond acceptors (Lipinski definition) is 8. The lowest BCUT2D eigenvalue weighted by Gasteiger charge is -2.08. The number of carbonyl (C=O) groups is 1. The molecule has 12 heteroatoms. The number of nitrogens with zero attached hydrogens (tertiary/aromatic N) is 3. The van der Waals surface area contributed by atoms with E-state index < -0.39 is 15.8 Å². The maximum Gasteiger partial charge on any atom is 0.365 e. The SMILES string of the molecule is N/C(=N\OC(=O)c1ccc(COc2ccc([N+](=O)[O-])cc2Cl)cc1)c1ccc([N+](=O)[O-])cc1. The summed E-state index contributed by atoms with van der Waals surface area (Å²) in [5.41, 5.74) is 6.75. The number of hydrogen-bond donors (Lipinski definition) is 1. The van der Waals surface area contributed by atoms with Crippen LogP contribution < -0.4 is 10.5 Å². The number of nitro groups is 2. The zero-order valence-corrected chi connectivity index (χ0v) is 17.5. The smallest absolute Gasteiger partial charge is 0.365 e. The molecule has 33 heavy (non-hydrogen) atoms. The van der Waals surface area contributed by atoms with Gasteiger partial charge >= 0.3 is 5.97 Å². The van der Waals surface area contributed by atoms with Crippen molar-refractivity contribution in [2.45, 2.75) is 6.61 Å². The molecule has 3 aromatic carbocycles. The maximum absolute atomic E-state index is 12.2. The molecule has 0 aliphatic carbocycles. The summed E-state index contributed by atoms with van der Waals surface area (Å²) in [6.07, 6.45) is 0. The van der Waals surface area contributed by atoms with Gasteiger partial charge in [0.2, 0.25) is 0 Å². The Hall–Kier alpha value is -4.51. The fourth-order valence-corrected chi connectivity index (χ4v) is 2.80. The minimum atomic E-state index is -0.759. The molecule has 0 aliphatic heterocycles. The van der Waals surface area contributed by atoms with Crippen LogP contribution in [0.1, 0.15) is 21.5 Å². The Morgan fingerprint density at radius 3 is 2.06 bits per heavy atom. The van der Waals surface area contributed by atoms with Crippen LogP contribution in [0, 0.1) is 20.2 Å². The van der Waals surface area contributed by atoms with Gasteiger partial charge in [-0.05, 0) is 35.9 Å². The third-order valence-corrected chi connectivity index (χ3v) is 4.61. The highest BCUT2D eigenvalue weighted by molar-refractivity contribution is 6.32. The third-order valence-electron chi connectivity index (χ3n) is 4.31. The average molecular weight is 471 g/mol. The molecule has 0 radical (unpaired) electrons. The summed E-state index contributed by atoms with van der Waals surface area (Å²) in [6, 6.07) is 15.4. The molecular weight excluding hydrogens is 456 g/mol. The van der Waals surface area contributed by atoms with Crippen LogP contribution in [-0.4, -0.2) is 21.7 Å². The monoisotopic (exact) mass is 470 g/mol. The standard InChI is InChI=1S/C21H15ClN4O7/c22-18-11-17(26(30)31)9-10-19(18)32-12-13-1-3-15(4-2-13)21(27)33-24-20(23)14-5-7-16(8-6-14)25(28)29/h1-11H,12H2,(H2,23,24). The highest BCUT2D eigenvalue weighted by atomic mass is 35.5. The lowest BCUT2D eigenvalue weighted by molar-refractivity contribution is -0.385. The van der Waals surface area contributed by atoms with Crippen molar-refractivity contribution in [2.24, 2.45) is 10.9 Å². The summed E-state index contributed by atoms with van der Waals surface area (Å²) in [7, 11) is 0. The molecule has 0 atom stereocenters. The highest BCUT2D eigenvalue weighted by Crippen LogP contribution is 2.29. The highest BCUT2D eigenvalue weighted by Gasteiger charge is 2.12. The van der Waals surface area contributed by atoms with Gasteiger partial charge in [0, 0.05) is 29.8 Å². The Morgan fingerprint density at radius 1 is 0.909 bits per heavy atom. The largest absolute Gasteiger partial charge is 0.487 e. The predicted molar refractivity (Wildman–Crippen MR) is 118 cm³/mol. The lowest BCUT2D eigenvalue weighted by Crippen LogP contribution is -2.15. The van der Waals surface area contributed by atoms with Crippen LogP contribution in [0.3, 0.4) is 0 Å². The van der Waals surface area contributed by atoms with E-state index in [1.165, 1.54) is 54.6 Å². The van der Waals surface area contributed by atoms with E-state index in [1.807, 2.05) is 0 Å². The van der Waals surface area contributed by atoms with Crippen molar-refractivity contribution >= 4 is 34.8 Å². The van der Waals surface area contributed by atoms with Gasteiger partial charge in [0.1, 0.15) is 12.4 Å². The van der Waals surface area contributed by atoms with Gasteiger partial charge in [-0.15, -0.1) is 0 Å². The van der Waals surface area contributed by atoms with Crippen LogP contribution in [-0.2, 0) is 11.4 Å². The van der Waals surface area contributed by atoms with E-state index in [0.29, 0.717) is 11.1 Å². The first-order valence-electron chi connectivity index (χ1n) is 9.20. The molecule has 0 heterocycles. The van der Waals surface area contributed by atoms with Gasteiger partial charge in [-0.2, -0.15) is 0 Å². The number of oxime groups is 1. The van der Waals surface area contributed by atoms with Crippen LogP contribution >= 0.6 is 11.6 Å². The molecule has 0 bridgehead atoms. The van der Waals surface area contributed by atoms with Gasteiger partial charge in [0.25, 0.3) is 11.4 Å². The minimum Gasteiger partial charge on any atom is -0.487 e. The fraction of sp³-hybridized carbons (Fsp3) is 0.0476. The summed E-state index contributed by atoms with van der Waals surface area (Å²) < 4.78 is 5.56. The zero-order valence-electron chi connectivity index (χ0n) is 16.7. The molecule has 0 fully saturated rings. The fourth-order valence-electron chi connectivity index (χ4n) is 2.57. The average Bonchev–Trinajstić information content (AvgIpc) is 2.81. The molecule has 0 amide bonds. The van der Waals surface area contributed by atoms with Gasteiger partial charge in [-0.3, -0.25) is 20.2 Å². The van der Waals surface area contributed by atoms with E-state index in [4.69, 9.17) is 26.9 Å². The van der Waals surface area contributed by atoms with Crippen molar-refractivity contribution in [1.29, 1.82) is 0 Å². The second kappa shape index (κ2) is 10.2. The van der Waals surface area contributed by atoms with Crippen LogP contribution in [0.4, 0.5) is 11.4 Å². The van der Waals surface area contributed by atoms with E-state index >= 15 is 0 Å². The molecule has 0 aliphatic rings. The maximum atomic E-state index is 12.2. The van der Waals surface area contributed by atoms with Crippen LogP contribution in [0.2, 0.25) is 5.02 Å². The van der Waals surface area contributed by atoms with E-state index in [0.717, 1.165) is 0 Å². The summed E-state index contributed by atoms with van der Waals surface area (Å²) in [5, 5.41) is 25.1. The normalized spacial score (nSPS) is 11.0. The van der Waals surface area contributed by atoms with Crippen molar-refractivity contribution in [3.63, 3.8) is 0 Å². The number of benzene rings is 3. The summed E-state index contributed by atoms with van der Waals surface area (Å²) in [5.74, 6) is -0.601. The molecule has 0 spiro atoms. The van der Waals surface area contributed by atoms with Crippen LogP contribution in [0.5, 0.6) is 5.75 Å². The van der Waals surface area contributed by atoms with E-state index in [1.54, 1.807) is 12.1 Å². The Bertz CT molecular complexity index is 1230. The Labute approximate surface area is 191 Å². The second-order valence-electron chi connectivity index (χ2n) is 6.52. The molecule has 11 nitrogen and oxygen atoms in total. The van der Waals surface area contributed by atoms with Gasteiger partial charge < -0.3 is 15.3 Å². The summed E-state index contributed by atoms with van der Waals surface area (Å²) in [6.45, 7) is 0.109. The molecular formula is C21H15ClN4O7. The molecule has 0 saturated carbocycles. The number of halogens is 1. The van der Waals surface area contributed by atoms with Gasteiger partial charge in [0.05, 0.1) is 20.4 Å². The van der Waals surface area contributed by atoms with Gasteiger partial charge in [0.15, 0.2) is 5.84 Å². The number of ether oxygens (including phenoxy) is 1. The van der Waals surface area contributed by atoms with Crippen molar-refractivity contribution in [3.8, 4) is 5.75 Å². The summed E-state index contributed by atoms with van der Waals surface area (Å²) in [4.78, 5) is 37.3. The first-order valence-corrected chi connectivity index (χ1v) is 9.57. The molecule has 0 aromatic heterocycles. The Morgan fingerprint density at radius 2 is 1.48 bits per heavy atom. The lowest BCUT2D eigenvalue weighted by atomic mass is 10.1. The van der Waals surface area contributed by atoms with Crippen LogP contribution in [0.15, 0.2) is 71.9 Å². The van der Waals surface area contributed by atoms with Gasteiger partial charge in [-0.25, -0.2) is 4.79 Å². The zero-order chi connectivity index (χ0) is 24.0. The first-order chi connectivity index (χ1) is 15.7. The number of nitrogens with two attached hydrogens (primary N) is 1. The van der Waals surface area contributed by atoms with Crippen molar-refractivity contribution in [1.82, 2.24) is 0 Å². The molecule has 2 N–H and O–H groups in total. The first kappa shape index (κ1) is 23.2. The minimum absolute atomic E-state index is 0.105. The van der Waals surface area contributed by atoms with Crippen molar-refractivity contribution < 1.29 is 24.2 Å².